The van der Waals surface area contributed by atoms with Gasteiger partial charge < -0.3 is 14.6 Å². The molecule has 2 rings (SSSR count). The van der Waals surface area contributed by atoms with Gasteiger partial charge in [-0.05, 0) is 36.6 Å². The number of carboxylic acids is 1. The molecular weight excluding hydrogens is 288 g/mol. The highest BCUT2D eigenvalue weighted by atomic mass is 32.2. The van der Waals surface area contributed by atoms with Crippen LogP contribution in [0.5, 0.6) is 11.5 Å². The molecule has 0 radical (unpaired) electrons. The van der Waals surface area contributed by atoms with Crippen molar-refractivity contribution in [2.45, 2.75) is 32.3 Å². The lowest BCUT2D eigenvalue weighted by Gasteiger charge is -2.25. The second-order valence-electron chi connectivity index (χ2n) is 5.35. The van der Waals surface area contributed by atoms with E-state index in [9.17, 15) is 4.79 Å². The third kappa shape index (κ3) is 4.30. The van der Waals surface area contributed by atoms with Gasteiger partial charge in [-0.2, -0.15) is 11.8 Å². The third-order valence-corrected chi connectivity index (χ3v) is 4.82. The normalized spacial score (nSPS) is 19.8. The van der Waals surface area contributed by atoms with Crippen molar-refractivity contribution in [1.29, 1.82) is 0 Å². The molecule has 1 aromatic rings. The van der Waals surface area contributed by atoms with Crippen LogP contribution in [0, 0.1) is 5.92 Å². The van der Waals surface area contributed by atoms with E-state index in [1.807, 2.05) is 30.0 Å². The van der Waals surface area contributed by atoms with Crippen molar-refractivity contribution in [3.63, 3.8) is 0 Å². The number of aliphatic carboxylic acids is 1. The molecule has 0 amide bonds. The Morgan fingerprint density at radius 2 is 2.33 bits per heavy atom. The van der Waals surface area contributed by atoms with Crippen molar-refractivity contribution >= 4 is 17.7 Å². The van der Waals surface area contributed by atoms with Crippen LogP contribution in [0.25, 0.3) is 0 Å². The Morgan fingerprint density at radius 1 is 1.52 bits per heavy atom. The molecule has 0 spiro atoms. The highest BCUT2D eigenvalue weighted by molar-refractivity contribution is 7.99. The number of carboxylic acid groups (broad SMARTS) is 1. The highest BCUT2D eigenvalue weighted by Crippen LogP contribution is 2.35. The molecule has 0 aliphatic carbocycles. The van der Waals surface area contributed by atoms with E-state index in [4.69, 9.17) is 14.6 Å². The van der Waals surface area contributed by atoms with Crippen molar-refractivity contribution in [2.24, 2.45) is 5.92 Å². The summed E-state index contributed by atoms with van der Waals surface area (Å²) >= 11 is 1.90. The minimum Gasteiger partial charge on any atom is -0.493 e. The Morgan fingerprint density at radius 3 is 2.95 bits per heavy atom. The molecule has 1 saturated heterocycles. The summed E-state index contributed by atoms with van der Waals surface area (Å²) in [4.78, 5) is 11.1. The summed E-state index contributed by atoms with van der Waals surface area (Å²) in [5, 5.41) is 9.11. The summed E-state index contributed by atoms with van der Waals surface area (Å²) in [5.74, 6) is 2.32. The summed E-state index contributed by atoms with van der Waals surface area (Å²) in [5.41, 5.74) is 0.903. The third-order valence-electron chi connectivity index (χ3n) is 3.63. The molecule has 4 nitrogen and oxygen atoms in total. The molecule has 2 atom stereocenters. The molecule has 0 aromatic heterocycles. The molecule has 1 heterocycles. The first-order chi connectivity index (χ1) is 10.1. The van der Waals surface area contributed by atoms with Crippen molar-refractivity contribution < 1.29 is 19.4 Å². The van der Waals surface area contributed by atoms with E-state index in [2.05, 4.69) is 0 Å². The van der Waals surface area contributed by atoms with E-state index in [1.54, 1.807) is 14.0 Å². The van der Waals surface area contributed by atoms with Gasteiger partial charge in [-0.1, -0.05) is 19.1 Å². The van der Waals surface area contributed by atoms with Gasteiger partial charge in [0.25, 0.3) is 0 Å². The number of hydrogen-bond donors (Lipinski definition) is 1. The van der Waals surface area contributed by atoms with E-state index in [0.717, 1.165) is 24.2 Å². The molecule has 5 heteroatoms. The Labute approximate surface area is 129 Å². The summed E-state index contributed by atoms with van der Waals surface area (Å²) in [6, 6.07) is 5.67. The Balaban J connectivity index is 2.20. The molecule has 1 N–H and O–H groups in total. The predicted octanol–water partition coefficient (Wildman–Crippen LogP) is 3.23. The fraction of sp³-hybridized carbons (Fsp3) is 0.562. The zero-order valence-electron chi connectivity index (χ0n) is 12.5. The van der Waals surface area contributed by atoms with Crippen LogP contribution < -0.4 is 9.47 Å². The molecule has 21 heavy (non-hydrogen) atoms. The first-order valence-corrected chi connectivity index (χ1v) is 8.40. The number of benzene rings is 1. The highest BCUT2D eigenvalue weighted by Gasteiger charge is 2.21. The molecule has 1 aliphatic heterocycles. The molecular formula is C16H22O4S. The number of carbonyl (C=O) groups is 1. The first-order valence-electron chi connectivity index (χ1n) is 7.25. The lowest BCUT2D eigenvalue weighted by atomic mass is 10.00. The lowest BCUT2D eigenvalue weighted by molar-refractivity contribution is -0.141. The Hall–Kier alpha value is -1.36. The van der Waals surface area contributed by atoms with Crippen LogP contribution in [-0.2, 0) is 11.2 Å². The summed E-state index contributed by atoms with van der Waals surface area (Å²) in [7, 11) is 1.61. The maximum Gasteiger partial charge on any atom is 0.306 e. The molecule has 2 unspecified atom stereocenters. The Kier molecular flexibility index (Phi) is 5.79. The van der Waals surface area contributed by atoms with Gasteiger partial charge in [-0.25, -0.2) is 0 Å². The molecule has 0 saturated carbocycles. The zero-order chi connectivity index (χ0) is 15.2. The van der Waals surface area contributed by atoms with E-state index < -0.39 is 11.9 Å². The maximum absolute atomic E-state index is 11.1. The zero-order valence-corrected chi connectivity index (χ0v) is 13.3. The molecule has 116 valence electrons. The van der Waals surface area contributed by atoms with Gasteiger partial charge >= 0.3 is 5.97 Å². The topological polar surface area (TPSA) is 55.8 Å². The first kappa shape index (κ1) is 16.0. The summed E-state index contributed by atoms with van der Waals surface area (Å²) in [6.07, 6.45) is 2.82. The number of ether oxygens (including phenoxy) is 2. The molecule has 1 fully saturated rings. The Bertz CT molecular complexity index is 483. The van der Waals surface area contributed by atoms with Gasteiger partial charge in [0.1, 0.15) is 6.10 Å². The summed E-state index contributed by atoms with van der Waals surface area (Å²) < 4.78 is 11.5. The van der Waals surface area contributed by atoms with Crippen LogP contribution in [0.1, 0.15) is 25.3 Å². The van der Waals surface area contributed by atoms with Crippen LogP contribution in [-0.4, -0.2) is 35.8 Å². The quantitative estimate of drug-likeness (QED) is 0.874. The van der Waals surface area contributed by atoms with Gasteiger partial charge in [0.15, 0.2) is 11.5 Å². The fourth-order valence-corrected chi connectivity index (χ4v) is 3.44. The van der Waals surface area contributed by atoms with Crippen molar-refractivity contribution in [2.75, 3.05) is 18.6 Å². The van der Waals surface area contributed by atoms with E-state index >= 15 is 0 Å². The minimum absolute atomic E-state index is 0.180. The average molecular weight is 310 g/mol. The van der Waals surface area contributed by atoms with Gasteiger partial charge in [0.05, 0.1) is 13.0 Å². The standard InChI is InChI=1S/C16H22O4S/c1-11(16(17)18)9-12-5-3-7-14(19-2)15(12)20-13-6-4-8-21-10-13/h3,5,7,11,13H,4,6,8-10H2,1-2H3,(H,17,18). The summed E-state index contributed by atoms with van der Waals surface area (Å²) in [6.45, 7) is 1.71. The second kappa shape index (κ2) is 7.59. The van der Waals surface area contributed by atoms with E-state index in [0.29, 0.717) is 17.9 Å². The maximum atomic E-state index is 11.1. The molecule has 1 aromatic carbocycles. The van der Waals surface area contributed by atoms with Gasteiger partial charge in [0, 0.05) is 5.75 Å². The predicted molar refractivity (Wildman–Crippen MR) is 84.5 cm³/mol. The largest absolute Gasteiger partial charge is 0.493 e. The van der Waals surface area contributed by atoms with Crippen molar-refractivity contribution in [1.82, 2.24) is 0 Å². The lowest BCUT2D eigenvalue weighted by Crippen LogP contribution is -2.24. The van der Waals surface area contributed by atoms with Crippen LogP contribution in [0.4, 0.5) is 0 Å². The number of hydrogen-bond acceptors (Lipinski definition) is 4. The van der Waals surface area contributed by atoms with Crippen LogP contribution in [0.2, 0.25) is 0 Å². The number of para-hydroxylation sites is 1. The molecule has 0 bridgehead atoms. The van der Waals surface area contributed by atoms with Crippen molar-refractivity contribution in [3.8, 4) is 11.5 Å². The van der Waals surface area contributed by atoms with E-state index in [-0.39, 0.29) is 6.10 Å². The average Bonchev–Trinajstić information content (AvgIpc) is 2.49. The number of methoxy groups -OCH3 is 1. The number of thioether (sulfide) groups is 1. The molecule has 1 aliphatic rings. The SMILES string of the molecule is COc1cccc(CC(C)C(=O)O)c1OC1CCCSC1. The smallest absolute Gasteiger partial charge is 0.306 e. The number of rotatable bonds is 6. The minimum atomic E-state index is -0.794. The van der Waals surface area contributed by atoms with Gasteiger partial charge in [-0.3, -0.25) is 4.79 Å². The van der Waals surface area contributed by atoms with Gasteiger partial charge in [-0.15, -0.1) is 0 Å². The second-order valence-corrected chi connectivity index (χ2v) is 6.50. The van der Waals surface area contributed by atoms with Gasteiger partial charge in [0.2, 0.25) is 0 Å². The van der Waals surface area contributed by atoms with E-state index in [1.165, 1.54) is 5.75 Å². The van der Waals surface area contributed by atoms with Crippen LogP contribution in [0.3, 0.4) is 0 Å². The van der Waals surface area contributed by atoms with Crippen molar-refractivity contribution in [3.05, 3.63) is 23.8 Å². The van der Waals surface area contributed by atoms with Crippen LogP contribution in [0.15, 0.2) is 18.2 Å². The van der Waals surface area contributed by atoms with Crippen LogP contribution >= 0.6 is 11.8 Å². The fourth-order valence-electron chi connectivity index (χ4n) is 2.40. The monoisotopic (exact) mass is 310 g/mol.